The molecule has 0 aliphatic rings. The minimum Gasteiger partial charge on any atom is -0.394 e. The molecule has 0 aromatic heterocycles. The molecule has 2 rings (SSSR count). The number of nitrogens with one attached hydrogen (secondary N) is 1. The minimum atomic E-state index is -0.709. The average molecular weight is 289 g/mol. The van der Waals surface area contributed by atoms with Crippen LogP contribution in [0, 0.1) is 0 Å². The number of aliphatic hydroxyl groups excluding tert-OH is 2. The molecular formula is C16H19NO2S. The van der Waals surface area contributed by atoms with Crippen LogP contribution in [0.25, 0.3) is 11.1 Å². The molecule has 0 fully saturated rings. The van der Waals surface area contributed by atoms with Crippen LogP contribution in [0.4, 0.5) is 0 Å². The second-order valence-electron chi connectivity index (χ2n) is 4.72. The molecule has 0 amide bonds. The van der Waals surface area contributed by atoms with Crippen molar-refractivity contribution in [3.05, 3.63) is 54.1 Å². The fourth-order valence-electron chi connectivity index (χ4n) is 1.99. The quantitative estimate of drug-likeness (QED) is 0.616. The molecule has 0 saturated carbocycles. The van der Waals surface area contributed by atoms with Crippen molar-refractivity contribution in [2.45, 2.75) is 17.5 Å². The van der Waals surface area contributed by atoms with Crippen LogP contribution in [0.2, 0.25) is 0 Å². The summed E-state index contributed by atoms with van der Waals surface area (Å²) in [5, 5.41) is 21.1. The third-order valence-electron chi connectivity index (χ3n) is 3.03. The Bertz CT molecular complexity index is 560. The molecule has 0 aliphatic carbocycles. The van der Waals surface area contributed by atoms with Gasteiger partial charge in [-0.15, -0.1) is 12.6 Å². The van der Waals surface area contributed by atoms with Gasteiger partial charge < -0.3 is 15.5 Å². The predicted octanol–water partition coefficient (Wildman–Crippen LogP) is 2.09. The zero-order valence-electron chi connectivity index (χ0n) is 11.2. The van der Waals surface area contributed by atoms with Crippen LogP contribution in [0.5, 0.6) is 0 Å². The van der Waals surface area contributed by atoms with Crippen LogP contribution < -0.4 is 5.32 Å². The summed E-state index contributed by atoms with van der Waals surface area (Å²) < 4.78 is 0. The van der Waals surface area contributed by atoms with Gasteiger partial charge in [0.2, 0.25) is 0 Å². The molecule has 20 heavy (non-hydrogen) atoms. The molecule has 106 valence electrons. The first-order valence-electron chi connectivity index (χ1n) is 6.57. The molecule has 3 nitrogen and oxygen atoms in total. The molecule has 3 N–H and O–H groups in total. The molecule has 2 aromatic carbocycles. The van der Waals surface area contributed by atoms with Crippen molar-refractivity contribution in [3.8, 4) is 11.1 Å². The van der Waals surface area contributed by atoms with Crippen LogP contribution in [0.15, 0.2) is 53.4 Å². The normalized spacial score (nSPS) is 12.3. The zero-order chi connectivity index (χ0) is 14.4. The van der Waals surface area contributed by atoms with Gasteiger partial charge in [-0.1, -0.05) is 30.3 Å². The molecule has 2 aromatic rings. The van der Waals surface area contributed by atoms with Gasteiger partial charge >= 0.3 is 0 Å². The minimum absolute atomic E-state index is 0.220. The van der Waals surface area contributed by atoms with Crippen molar-refractivity contribution in [2.75, 3.05) is 13.2 Å². The van der Waals surface area contributed by atoms with Gasteiger partial charge in [-0.25, -0.2) is 0 Å². The highest BCUT2D eigenvalue weighted by molar-refractivity contribution is 7.80. The lowest BCUT2D eigenvalue weighted by atomic mass is 10.0. The molecular weight excluding hydrogens is 270 g/mol. The lowest BCUT2D eigenvalue weighted by Gasteiger charge is -2.10. The Labute approximate surface area is 124 Å². The van der Waals surface area contributed by atoms with E-state index in [1.165, 1.54) is 0 Å². The maximum Gasteiger partial charge on any atom is 0.0895 e. The van der Waals surface area contributed by atoms with Crippen LogP contribution >= 0.6 is 12.6 Å². The molecule has 0 saturated heterocycles. The van der Waals surface area contributed by atoms with E-state index in [0.717, 1.165) is 21.6 Å². The van der Waals surface area contributed by atoms with E-state index in [0.29, 0.717) is 13.1 Å². The topological polar surface area (TPSA) is 52.5 Å². The summed E-state index contributed by atoms with van der Waals surface area (Å²) >= 11 is 4.36. The van der Waals surface area contributed by atoms with Crippen LogP contribution in [-0.4, -0.2) is 29.5 Å². The van der Waals surface area contributed by atoms with E-state index in [1.807, 2.05) is 30.3 Å². The van der Waals surface area contributed by atoms with Gasteiger partial charge in [0.05, 0.1) is 12.7 Å². The summed E-state index contributed by atoms with van der Waals surface area (Å²) in [6.07, 6.45) is -0.709. The third kappa shape index (κ3) is 4.35. The van der Waals surface area contributed by atoms with Gasteiger partial charge in [0, 0.05) is 18.0 Å². The van der Waals surface area contributed by atoms with Crippen LogP contribution in [-0.2, 0) is 6.54 Å². The maximum absolute atomic E-state index is 9.28. The molecule has 0 bridgehead atoms. The highest BCUT2D eigenvalue weighted by atomic mass is 32.1. The smallest absolute Gasteiger partial charge is 0.0895 e. The Balaban J connectivity index is 2.04. The number of hydrogen-bond acceptors (Lipinski definition) is 4. The van der Waals surface area contributed by atoms with E-state index < -0.39 is 6.10 Å². The first kappa shape index (κ1) is 15.1. The SMILES string of the molecule is OC[C@@H](O)CNCc1cccc(-c2cccc(S)c2)c1. The standard InChI is InChI=1S/C16H19NO2S/c18-11-15(19)10-17-9-12-3-1-4-13(7-12)14-5-2-6-16(20)8-14/h1-8,15,17-20H,9-11H2/t15-/m0/s1. The number of rotatable bonds is 6. The zero-order valence-corrected chi connectivity index (χ0v) is 12.1. The summed E-state index contributed by atoms with van der Waals surface area (Å²) in [6.45, 7) is 0.820. The van der Waals surface area contributed by atoms with Crippen molar-refractivity contribution in [1.82, 2.24) is 5.32 Å². The van der Waals surface area contributed by atoms with Gasteiger partial charge in [-0.3, -0.25) is 0 Å². The first-order valence-corrected chi connectivity index (χ1v) is 7.02. The highest BCUT2D eigenvalue weighted by Crippen LogP contribution is 2.22. The fourth-order valence-corrected chi connectivity index (χ4v) is 2.22. The maximum atomic E-state index is 9.28. The van der Waals surface area contributed by atoms with E-state index in [9.17, 15) is 5.11 Å². The molecule has 1 atom stereocenters. The van der Waals surface area contributed by atoms with Gasteiger partial charge in [-0.2, -0.15) is 0 Å². The Morgan fingerprint density at radius 3 is 2.45 bits per heavy atom. The molecule has 0 radical (unpaired) electrons. The molecule has 0 spiro atoms. The van der Waals surface area contributed by atoms with Crippen molar-refractivity contribution in [3.63, 3.8) is 0 Å². The van der Waals surface area contributed by atoms with Crippen LogP contribution in [0.3, 0.4) is 0 Å². The Morgan fingerprint density at radius 1 is 1.05 bits per heavy atom. The predicted molar refractivity (Wildman–Crippen MR) is 83.9 cm³/mol. The number of aliphatic hydroxyl groups is 2. The Morgan fingerprint density at radius 2 is 1.75 bits per heavy atom. The van der Waals surface area contributed by atoms with Gasteiger partial charge in [-0.05, 0) is 34.9 Å². The monoisotopic (exact) mass is 289 g/mol. The highest BCUT2D eigenvalue weighted by Gasteiger charge is 2.02. The number of thiol groups is 1. The summed E-state index contributed by atoms with van der Waals surface area (Å²) in [6, 6.07) is 16.3. The van der Waals surface area contributed by atoms with E-state index in [-0.39, 0.29) is 6.61 Å². The molecule has 0 heterocycles. The summed E-state index contributed by atoms with van der Waals surface area (Å²) in [5.74, 6) is 0. The Hall–Kier alpha value is -1.33. The molecule has 0 aliphatic heterocycles. The van der Waals surface area contributed by atoms with Crippen LogP contribution in [0.1, 0.15) is 5.56 Å². The molecule has 0 unspecified atom stereocenters. The van der Waals surface area contributed by atoms with E-state index in [1.54, 1.807) is 0 Å². The van der Waals surface area contributed by atoms with Gasteiger partial charge in [0.15, 0.2) is 0 Å². The van der Waals surface area contributed by atoms with Gasteiger partial charge in [0.25, 0.3) is 0 Å². The first-order chi connectivity index (χ1) is 9.69. The van der Waals surface area contributed by atoms with Crippen molar-refractivity contribution in [1.29, 1.82) is 0 Å². The van der Waals surface area contributed by atoms with Crippen molar-refractivity contribution >= 4 is 12.6 Å². The summed E-state index contributed by atoms with van der Waals surface area (Å²) in [4.78, 5) is 0.942. The number of benzene rings is 2. The van der Waals surface area contributed by atoms with Gasteiger partial charge in [0.1, 0.15) is 0 Å². The number of hydrogen-bond donors (Lipinski definition) is 4. The lowest BCUT2D eigenvalue weighted by Crippen LogP contribution is -2.28. The second kappa shape index (κ2) is 7.45. The van der Waals surface area contributed by atoms with Crippen molar-refractivity contribution in [2.24, 2.45) is 0 Å². The second-order valence-corrected chi connectivity index (χ2v) is 5.23. The largest absolute Gasteiger partial charge is 0.394 e. The summed E-state index contributed by atoms with van der Waals surface area (Å²) in [7, 11) is 0. The summed E-state index contributed by atoms with van der Waals surface area (Å²) in [5.41, 5.74) is 3.41. The molecule has 4 heteroatoms. The average Bonchev–Trinajstić information content (AvgIpc) is 2.47. The lowest BCUT2D eigenvalue weighted by molar-refractivity contribution is 0.0942. The Kier molecular flexibility index (Phi) is 5.61. The van der Waals surface area contributed by atoms with E-state index in [4.69, 9.17) is 5.11 Å². The third-order valence-corrected chi connectivity index (χ3v) is 3.30. The van der Waals surface area contributed by atoms with E-state index >= 15 is 0 Å². The fraction of sp³-hybridized carbons (Fsp3) is 0.250. The van der Waals surface area contributed by atoms with Crippen molar-refractivity contribution < 1.29 is 10.2 Å². The van der Waals surface area contributed by atoms with E-state index in [2.05, 4.69) is 36.1 Å².